The maximum Gasteiger partial charge on any atom is 0.446 e. The number of aliphatic hydroxyl groups is 2. The number of amides is 1. The van der Waals surface area contributed by atoms with Crippen molar-refractivity contribution in [3.63, 3.8) is 0 Å². The van der Waals surface area contributed by atoms with Crippen LogP contribution in [0.3, 0.4) is 0 Å². The predicted octanol–water partition coefficient (Wildman–Crippen LogP) is 2.20. The van der Waals surface area contributed by atoms with Crippen molar-refractivity contribution in [1.82, 2.24) is 10.2 Å². The number of aldehydes is 1. The van der Waals surface area contributed by atoms with E-state index in [1.807, 2.05) is 13.1 Å². The Balaban J connectivity index is 0.000000559. The molecule has 2 bridgehead atoms. The number of ether oxygens (including phenoxy) is 2. The molecule has 1 amide bonds. The number of piperidine rings is 1. The topological polar surface area (TPSA) is 146 Å². The van der Waals surface area contributed by atoms with E-state index in [0.717, 1.165) is 11.1 Å². The first-order valence-electron chi connectivity index (χ1n) is 13.7. The molecule has 43 heavy (non-hydrogen) atoms. The molecule has 0 unspecified atom stereocenters. The van der Waals surface area contributed by atoms with Gasteiger partial charge >= 0.3 is 12.1 Å². The minimum absolute atomic E-state index is 0.0107. The number of rotatable bonds is 5. The van der Waals surface area contributed by atoms with E-state index in [-0.39, 0.29) is 24.0 Å². The number of aromatic hydroxyl groups is 1. The van der Waals surface area contributed by atoms with E-state index in [1.165, 1.54) is 6.92 Å². The van der Waals surface area contributed by atoms with Gasteiger partial charge in [-0.05, 0) is 56.6 Å². The number of alkyl halides is 3. The van der Waals surface area contributed by atoms with Gasteiger partial charge in [-0.3, -0.25) is 9.59 Å². The van der Waals surface area contributed by atoms with Gasteiger partial charge in [0.1, 0.15) is 11.8 Å². The molecule has 230 valence electrons. The van der Waals surface area contributed by atoms with Crippen molar-refractivity contribution in [2.75, 3.05) is 13.6 Å². The van der Waals surface area contributed by atoms with E-state index in [1.54, 1.807) is 42.5 Å². The zero-order chi connectivity index (χ0) is 31.3. The number of nitrogens with one attached hydrogen (secondary N) is 1. The summed E-state index contributed by atoms with van der Waals surface area (Å²) in [5.74, 6) is -0.855. The van der Waals surface area contributed by atoms with E-state index in [9.17, 15) is 38.1 Å². The number of halogens is 3. The Hall–Kier alpha value is -3.94. The molecule has 2 heterocycles. The number of phenolic OH excluding ortho intramolecular Hbond substituents is 1. The number of likely N-dealkylation sites (tertiary alicyclic amines) is 1. The highest BCUT2D eigenvalue weighted by molar-refractivity contribution is 5.87. The molecule has 0 radical (unpaired) electrons. The van der Waals surface area contributed by atoms with Crippen molar-refractivity contribution in [2.45, 2.75) is 67.7 Å². The van der Waals surface area contributed by atoms with Crippen LogP contribution in [-0.2, 0) is 31.0 Å². The van der Waals surface area contributed by atoms with E-state index in [2.05, 4.69) is 10.2 Å². The summed E-state index contributed by atoms with van der Waals surface area (Å²) in [6, 6.07) is 10.7. The molecule has 2 aliphatic heterocycles. The fourth-order valence-corrected chi connectivity index (χ4v) is 6.78. The normalized spacial score (nSPS) is 28.1. The number of nitrogens with zero attached hydrogens (tertiary/aromatic N) is 1. The second-order valence-electron chi connectivity index (χ2n) is 11.2. The monoisotopic (exact) mass is 604 g/mol. The van der Waals surface area contributed by atoms with Gasteiger partial charge in [-0.1, -0.05) is 36.4 Å². The largest absolute Gasteiger partial charge is 0.504 e. The number of esters is 1. The zero-order valence-corrected chi connectivity index (χ0v) is 23.3. The number of hydrogen-bond acceptors (Lipinski definition) is 9. The third-order valence-electron chi connectivity index (χ3n) is 8.78. The van der Waals surface area contributed by atoms with Crippen molar-refractivity contribution >= 4 is 18.2 Å². The molecule has 1 fully saturated rings. The van der Waals surface area contributed by atoms with Crippen LogP contribution in [0.15, 0.2) is 54.3 Å². The Morgan fingerprint density at radius 3 is 2.53 bits per heavy atom. The Morgan fingerprint density at radius 1 is 1.21 bits per heavy atom. The maximum absolute atomic E-state index is 13.1. The third kappa shape index (κ3) is 5.04. The van der Waals surface area contributed by atoms with Gasteiger partial charge < -0.3 is 35.0 Å². The van der Waals surface area contributed by atoms with Gasteiger partial charge in [0.2, 0.25) is 6.29 Å². The van der Waals surface area contributed by atoms with Gasteiger partial charge in [0.25, 0.3) is 5.91 Å². The number of carbonyl (C=O) groups is 3. The highest BCUT2D eigenvalue weighted by atomic mass is 19.4. The molecule has 0 saturated carbocycles. The Kier molecular flexibility index (Phi) is 7.78. The predicted molar refractivity (Wildman–Crippen MR) is 144 cm³/mol. The summed E-state index contributed by atoms with van der Waals surface area (Å²) in [6.45, 7) is 2.20. The van der Waals surface area contributed by atoms with E-state index in [0.29, 0.717) is 30.7 Å². The average molecular weight is 605 g/mol. The molecule has 2 aromatic rings. The summed E-state index contributed by atoms with van der Waals surface area (Å²) < 4.78 is 43.3. The van der Waals surface area contributed by atoms with Gasteiger partial charge in [0.15, 0.2) is 23.7 Å². The van der Waals surface area contributed by atoms with Gasteiger partial charge in [-0.2, -0.15) is 13.2 Å². The summed E-state index contributed by atoms with van der Waals surface area (Å²) in [7, 11) is 2.00. The van der Waals surface area contributed by atoms with Crippen LogP contribution in [0.2, 0.25) is 0 Å². The van der Waals surface area contributed by atoms with Crippen LogP contribution in [0.5, 0.6) is 11.5 Å². The van der Waals surface area contributed by atoms with Crippen LogP contribution in [0.4, 0.5) is 13.2 Å². The summed E-state index contributed by atoms with van der Waals surface area (Å²) in [6.07, 6.45) is -4.79. The molecular formula is C30H31F3N2O8. The standard InChI is InChI=1S/C28H30N2O7.C2HF3O/c1-15(29-25(33)22(32)16-6-4-3-5-7-16)26(34)36-19-10-11-28(35)20-14-17-8-9-18(31)23-21(17)27(28,24(19)37-23)12-13-30(20)2;3-2(4,5)1-6/h3-10,15,20,22,24,31-32,35H,11-14H2,1-2H3,(H,29,33);1H/t15-,20+,22-,24-,27-,28+;/m0./s1. The number of likely N-dealkylation sites (N-methyl/N-ethyl adjacent to an activating group) is 1. The Morgan fingerprint density at radius 2 is 1.88 bits per heavy atom. The van der Waals surface area contributed by atoms with Crippen molar-refractivity contribution in [3.8, 4) is 11.5 Å². The number of aliphatic hydroxyl groups excluding tert-OH is 1. The SMILES string of the molecule is C[C@H](NC(=O)[C@@H](O)c1ccccc1)C(=O)OC1=CC[C@@]2(O)[C@H]3Cc4ccc(O)c5c4[C@@]2(CCN3C)[C@H]1O5.O=CC(F)(F)F. The number of carbonyl (C=O) groups excluding carboxylic acids is 3. The number of benzene rings is 2. The second-order valence-corrected chi connectivity index (χ2v) is 11.2. The fourth-order valence-electron chi connectivity index (χ4n) is 6.78. The summed E-state index contributed by atoms with van der Waals surface area (Å²) >= 11 is 0. The number of phenols is 1. The quantitative estimate of drug-likeness (QED) is 0.298. The van der Waals surface area contributed by atoms with Gasteiger partial charge in [-0.15, -0.1) is 0 Å². The van der Waals surface area contributed by atoms with Gasteiger partial charge in [0, 0.05) is 18.0 Å². The van der Waals surface area contributed by atoms with Crippen LogP contribution < -0.4 is 10.1 Å². The van der Waals surface area contributed by atoms with Crippen molar-refractivity contribution in [2.24, 2.45) is 0 Å². The highest BCUT2D eigenvalue weighted by Gasteiger charge is 2.72. The second kappa shape index (κ2) is 11.0. The molecular weight excluding hydrogens is 573 g/mol. The molecule has 1 spiro atoms. The molecule has 6 rings (SSSR count). The van der Waals surface area contributed by atoms with Crippen LogP contribution in [0.25, 0.3) is 0 Å². The average Bonchev–Trinajstić information content (AvgIpc) is 3.34. The Bertz CT molecular complexity index is 1470. The fraction of sp³-hybridized carbons (Fsp3) is 0.433. The molecule has 2 aliphatic carbocycles. The minimum atomic E-state index is -4.64. The molecule has 10 nitrogen and oxygen atoms in total. The lowest BCUT2D eigenvalue weighted by molar-refractivity contribution is -0.170. The van der Waals surface area contributed by atoms with Crippen molar-refractivity contribution in [1.29, 1.82) is 0 Å². The van der Waals surface area contributed by atoms with Gasteiger partial charge in [-0.25, -0.2) is 4.79 Å². The molecule has 0 aromatic heterocycles. The lowest BCUT2D eigenvalue weighted by Gasteiger charge is -2.61. The van der Waals surface area contributed by atoms with E-state index >= 15 is 0 Å². The van der Waals surface area contributed by atoms with E-state index in [4.69, 9.17) is 14.3 Å². The molecule has 6 atom stereocenters. The molecule has 4 aliphatic rings. The van der Waals surface area contributed by atoms with Crippen molar-refractivity contribution < 1.29 is 52.3 Å². The lowest BCUT2D eigenvalue weighted by Crippen LogP contribution is -2.74. The van der Waals surface area contributed by atoms with Crippen LogP contribution in [0.1, 0.15) is 42.6 Å². The molecule has 4 N–H and O–H groups in total. The first kappa shape index (κ1) is 30.5. The molecule has 1 saturated heterocycles. The first-order chi connectivity index (χ1) is 20.2. The summed E-state index contributed by atoms with van der Waals surface area (Å²) in [5, 5.41) is 35.6. The molecule has 13 heteroatoms. The molecule has 2 aromatic carbocycles. The van der Waals surface area contributed by atoms with Crippen LogP contribution in [-0.4, -0.2) is 81.9 Å². The van der Waals surface area contributed by atoms with Crippen LogP contribution in [0, 0.1) is 0 Å². The van der Waals surface area contributed by atoms with Crippen molar-refractivity contribution in [3.05, 3.63) is 71.0 Å². The summed E-state index contributed by atoms with van der Waals surface area (Å²) in [5.41, 5.74) is 0.201. The first-order valence-corrected chi connectivity index (χ1v) is 13.7. The van der Waals surface area contributed by atoms with E-state index < -0.39 is 53.6 Å². The minimum Gasteiger partial charge on any atom is -0.504 e. The summed E-state index contributed by atoms with van der Waals surface area (Å²) in [4.78, 5) is 36.5. The lowest BCUT2D eigenvalue weighted by atomic mass is 9.50. The maximum atomic E-state index is 13.1. The zero-order valence-electron chi connectivity index (χ0n) is 23.3. The Labute approximate surface area is 244 Å². The third-order valence-corrected chi connectivity index (χ3v) is 8.78. The number of hydrogen-bond donors (Lipinski definition) is 4. The van der Waals surface area contributed by atoms with Crippen LogP contribution >= 0.6 is 0 Å². The highest BCUT2D eigenvalue weighted by Crippen LogP contribution is 2.65. The van der Waals surface area contributed by atoms with Gasteiger partial charge in [0.05, 0.1) is 11.0 Å². The smallest absolute Gasteiger partial charge is 0.446 e.